The summed E-state index contributed by atoms with van der Waals surface area (Å²) >= 11 is 1.65. The molecule has 152 valence electrons. The van der Waals surface area contributed by atoms with Gasteiger partial charge in [-0.2, -0.15) is 0 Å². The number of likely N-dealkylation sites (tertiary alicyclic amines) is 1. The summed E-state index contributed by atoms with van der Waals surface area (Å²) in [7, 11) is 5.84. The van der Waals surface area contributed by atoms with Crippen LogP contribution in [-0.2, 0) is 22.5 Å². The zero-order valence-electron chi connectivity index (χ0n) is 16.8. The molecule has 0 radical (unpaired) electrons. The van der Waals surface area contributed by atoms with Gasteiger partial charge in [0, 0.05) is 31.6 Å². The number of methoxy groups -OCH3 is 1. The maximum absolute atomic E-state index is 12.7. The number of amides is 1. The predicted molar refractivity (Wildman–Crippen MR) is 108 cm³/mol. The van der Waals surface area contributed by atoms with Crippen molar-refractivity contribution >= 4 is 17.2 Å². The topological polar surface area (TPSA) is 63.5 Å². The van der Waals surface area contributed by atoms with E-state index in [4.69, 9.17) is 4.74 Å². The van der Waals surface area contributed by atoms with E-state index in [0.29, 0.717) is 18.3 Å². The summed E-state index contributed by atoms with van der Waals surface area (Å²) in [6.45, 7) is 2.48. The Bertz CT molecular complexity index is 790. The Morgan fingerprint density at radius 3 is 2.79 bits per heavy atom. The summed E-state index contributed by atoms with van der Waals surface area (Å²) in [5.74, 6) is 1.26. The van der Waals surface area contributed by atoms with Crippen LogP contribution in [0, 0.1) is 11.8 Å². The lowest BCUT2D eigenvalue weighted by atomic mass is 9.77. The smallest absolute Gasteiger partial charge is 0.227 e. The number of rotatable bonds is 6. The number of fused-ring (bicyclic) bond motifs is 1. The second-order valence-corrected chi connectivity index (χ2v) is 9.35. The molecular weight excluding hydrogens is 374 g/mol. The minimum Gasteiger partial charge on any atom is -0.379 e. The van der Waals surface area contributed by atoms with Crippen molar-refractivity contribution in [1.29, 1.82) is 0 Å². The van der Waals surface area contributed by atoms with E-state index in [9.17, 15) is 4.79 Å². The zero-order valence-corrected chi connectivity index (χ0v) is 17.6. The highest BCUT2D eigenvalue weighted by Gasteiger charge is 2.44. The van der Waals surface area contributed by atoms with Crippen molar-refractivity contribution in [2.45, 2.75) is 38.0 Å². The van der Waals surface area contributed by atoms with E-state index < -0.39 is 0 Å². The average Bonchev–Trinajstić information content (AvgIpc) is 3.40. The van der Waals surface area contributed by atoms with Gasteiger partial charge in [-0.3, -0.25) is 4.79 Å². The summed E-state index contributed by atoms with van der Waals surface area (Å²) in [6, 6.07) is 4.23. The monoisotopic (exact) mass is 403 g/mol. The molecule has 1 aliphatic heterocycles. The molecule has 7 nitrogen and oxygen atoms in total. The molecule has 4 atom stereocenters. The van der Waals surface area contributed by atoms with Gasteiger partial charge in [-0.1, -0.05) is 11.3 Å². The van der Waals surface area contributed by atoms with Crippen molar-refractivity contribution in [3.05, 3.63) is 34.3 Å². The van der Waals surface area contributed by atoms with Gasteiger partial charge in [0.15, 0.2) is 0 Å². The van der Waals surface area contributed by atoms with E-state index in [1.165, 1.54) is 0 Å². The molecule has 1 saturated heterocycles. The van der Waals surface area contributed by atoms with Gasteiger partial charge in [0.2, 0.25) is 5.91 Å². The van der Waals surface area contributed by atoms with E-state index in [-0.39, 0.29) is 18.1 Å². The second-order valence-electron chi connectivity index (χ2n) is 8.32. The van der Waals surface area contributed by atoms with Gasteiger partial charge in [-0.15, -0.1) is 16.4 Å². The standard InChI is InChI=1S/C20H29N5O2S/c1-23(2)12-16-13-25(22-21-16)18-7-14-10-24(11-15(14)8-19(18)27-3)20(26)9-17-5-4-6-28-17/h4-6,13-15,18-19H,7-12H2,1-3H3/t14-,15+,18-,19-/m1/s1. The first-order chi connectivity index (χ1) is 13.5. The molecule has 2 fully saturated rings. The first-order valence-corrected chi connectivity index (χ1v) is 10.8. The Morgan fingerprint density at radius 1 is 1.32 bits per heavy atom. The van der Waals surface area contributed by atoms with Crippen LogP contribution in [0.4, 0.5) is 0 Å². The fourth-order valence-corrected chi connectivity index (χ4v) is 5.37. The highest BCUT2D eigenvalue weighted by Crippen LogP contribution is 2.42. The second kappa shape index (κ2) is 8.31. The number of nitrogens with zero attached hydrogens (tertiary/aromatic N) is 5. The first kappa shape index (κ1) is 19.5. The summed E-state index contributed by atoms with van der Waals surface area (Å²) in [4.78, 5) is 18.0. The van der Waals surface area contributed by atoms with Gasteiger partial charge in [0.05, 0.1) is 30.5 Å². The molecule has 2 aromatic rings. The molecule has 0 bridgehead atoms. The Labute approximate surface area is 170 Å². The summed E-state index contributed by atoms with van der Waals surface area (Å²) in [5.41, 5.74) is 0.973. The molecular formula is C20H29N5O2S. The summed E-state index contributed by atoms with van der Waals surface area (Å²) in [5, 5.41) is 10.7. The molecule has 2 aromatic heterocycles. The third-order valence-electron chi connectivity index (χ3n) is 6.02. The molecule has 28 heavy (non-hydrogen) atoms. The van der Waals surface area contributed by atoms with Crippen LogP contribution >= 0.6 is 11.3 Å². The van der Waals surface area contributed by atoms with E-state index in [1.54, 1.807) is 18.4 Å². The summed E-state index contributed by atoms with van der Waals surface area (Å²) < 4.78 is 7.82. The lowest BCUT2D eigenvalue weighted by molar-refractivity contribution is -0.129. The molecule has 8 heteroatoms. The maximum Gasteiger partial charge on any atom is 0.227 e. The molecule has 1 saturated carbocycles. The fourth-order valence-electron chi connectivity index (χ4n) is 4.67. The van der Waals surface area contributed by atoms with Crippen LogP contribution < -0.4 is 0 Å². The normalized spacial score (nSPS) is 27.4. The number of thiophene rings is 1. The molecule has 4 rings (SSSR count). The molecule has 3 heterocycles. The van der Waals surface area contributed by atoms with E-state index in [0.717, 1.165) is 43.0 Å². The van der Waals surface area contributed by atoms with Crippen LogP contribution in [0.1, 0.15) is 29.5 Å². The number of hydrogen-bond acceptors (Lipinski definition) is 6. The van der Waals surface area contributed by atoms with Gasteiger partial charge in [-0.25, -0.2) is 4.68 Å². The Kier molecular flexibility index (Phi) is 5.80. The van der Waals surface area contributed by atoms with Gasteiger partial charge < -0.3 is 14.5 Å². The van der Waals surface area contributed by atoms with Gasteiger partial charge in [0.1, 0.15) is 0 Å². The van der Waals surface area contributed by atoms with Crippen molar-refractivity contribution in [3.63, 3.8) is 0 Å². The molecule has 0 N–H and O–H groups in total. The zero-order chi connectivity index (χ0) is 19.7. The van der Waals surface area contributed by atoms with Crippen molar-refractivity contribution < 1.29 is 9.53 Å². The van der Waals surface area contributed by atoms with Crippen LogP contribution in [0.2, 0.25) is 0 Å². The van der Waals surface area contributed by atoms with E-state index >= 15 is 0 Å². The minimum atomic E-state index is 0.113. The van der Waals surface area contributed by atoms with Crippen molar-refractivity contribution in [2.75, 3.05) is 34.3 Å². The van der Waals surface area contributed by atoms with Gasteiger partial charge in [0.25, 0.3) is 0 Å². The number of aromatic nitrogens is 3. The molecule has 1 amide bonds. The van der Waals surface area contributed by atoms with E-state index in [1.807, 2.05) is 42.5 Å². The largest absolute Gasteiger partial charge is 0.379 e. The first-order valence-electron chi connectivity index (χ1n) is 9.92. The van der Waals surface area contributed by atoms with Gasteiger partial charge in [-0.05, 0) is 50.2 Å². The summed E-state index contributed by atoms with van der Waals surface area (Å²) in [6.07, 6.45) is 4.63. The van der Waals surface area contributed by atoms with Crippen LogP contribution in [-0.4, -0.2) is 71.1 Å². The quantitative estimate of drug-likeness (QED) is 0.739. The van der Waals surface area contributed by atoms with E-state index in [2.05, 4.69) is 20.1 Å². The minimum absolute atomic E-state index is 0.113. The molecule has 0 spiro atoms. The van der Waals surface area contributed by atoms with Crippen molar-refractivity contribution in [3.8, 4) is 0 Å². The van der Waals surface area contributed by atoms with Crippen LogP contribution in [0.5, 0.6) is 0 Å². The molecule has 0 unspecified atom stereocenters. The highest BCUT2D eigenvalue weighted by atomic mass is 32.1. The molecule has 1 aliphatic carbocycles. The average molecular weight is 404 g/mol. The third kappa shape index (κ3) is 4.14. The lowest BCUT2D eigenvalue weighted by Gasteiger charge is -2.36. The lowest BCUT2D eigenvalue weighted by Crippen LogP contribution is -2.37. The number of carbonyl (C=O) groups is 1. The number of ether oxygens (including phenoxy) is 1. The Hall–Kier alpha value is -1.77. The van der Waals surface area contributed by atoms with Crippen LogP contribution in [0.3, 0.4) is 0 Å². The van der Waals surface area contributed by atoms with Gasteiger partial charge >= 0.3 is 0 Å². The maximum atomic E-state index is 12.7. The highest BCUT2D eigenvalue weighted by molar-refractivity contribution is 7.10. The number of carbonyl (C=O) groups excluding carboxylic acids is 1. The van der Waals surface area contributed by atoms with Crippen LogP contribution in [0.15, 0.2) is 23.7 Å². The molecule has 0 aromatic carbocycles. The third-order valence-corrected chi connectivity index (χ3v) is 6.90. The number of hydrogen-bond donors (Lipinski definition) is 0. The Balaban J connectivity index is 1.43. The fraction of sp³-hybridized carbons (Fsp3) is 0.650. The van der Waals surface area contributed by atoms with Crippen molar-refractivity contribution in [1.82, 2.24) is 24.8 Å². The van der Waals surface area contributed by atoms with Crippen LogP contribution in [0.25, 0.3) is 0 Å². The Morgan fingerprint density at radius 2 is 2.11 bits per heavy atom. The predicted octanol–water partition coefficient (Wildman–Crippen LogP) is 2.07. The molecule has 2 aliphatic rings. The van der Waals surface area contributed by atoms with Crippen molar-refractivity contribution in [2.24, 2.45) is 11.8 Å². The SMILES string of the molecule is CO[C@@H]1C[C@H]2CN(C(=O)Cc3cccs3)C[C@H]2C[C@H]1n1cc(CN(C)C)nn1.